The maximum Gasteiger partial charge on any atom is 0.308 e. The van der Waals surface area contributed by atoms with Crippen LogP contribution in [0.1, 0.15) is 25.0 Å². The van der Waals surface area contributed by atoms with E-state index in [2.05, 4.69) is 0 Å². The van der Waals surface area contributed by atoms with Gasteiger partial charge in [0.1, 0.15) is 23.0 Å². The zero-order valence-corrected chi connectivity index (χ0v) is 14.0. The number of ether oxygens (including phenoxy) is 2. The minimum absolute atomic E-state index is 0.0955. The summed E-state index contributed by atoms with van der Waals surface area (Å²) in [7, 11) is 0. The van der Waals surface area contributed by atoms with Crippen molar-refractivity contribution in [1.82, 2.24) is 0 Å². The van der Waals surface area contributed by atoms with E-state index in [1.165, 1.54) is 32.0 Å². The average molecular weight is 332 g/mol. The number of aryl methyl sites for hydroxylation is 2. The molecular weight excluding hydrogens is 312 g/mol. The van der Waals surface area contributed by atoms with Gasteiger partial charge in [-0.05, 0) is 37.1 Å². The number of phenols is 2. The summed E-state index contributed by atoms with van der Waals surface area (Å²) in [5.74, 6) is 0.185. The third-order valence-corrected chi connectivity index (χ3v) is 2.87. The van der Waals surface area contributed by atoms with E-state index < -0.39 is 11.9 Å². The average Bonchev–Trinajstić information content (AvgIpc) is 2.46. The number of carbonyl (C=O) groups is 2. The van der Waals surface area contributed by atoms with Gasteiger partial charge >= 0.3 is 11.9 Å². The lowest BCUT2D eigenvalue weighted by molar-refractivity contribution is -0.132. The van der Waals surface area contributed by atoms with Gasteiger partial charge in [-0.1, -0.05) is 12.1 Å². The SMILES string of the molecule is CC(=O)Oc1ccc(C)c(OC(C)=O)c1.Cc1ccc(O)cc1O. The number of aromatic hydroxyl groups is 2. The largest absolute Gasteiger partial charge is 0.508 e. The molecular formula is C18H20O6. The van der Waals surface area contributed by atoms with E-state index in [1.54, 1.807) is 32.0 Å². The van der Waals surface area contributed by atoms with E-state index in [-0.39, 0.29) is 11.5 Å². The van der Waals surface area contributed by atoms with Gasteiger partial charge in [0.2, 0.25) is 0 Å². The third-order valence-electron chi connectivity index (χ3n) is 2.87. The number of carbonyl (C=O) groups excluding carboxylic acids is 2. The van der Waals surface area contributed by atoms with Gasteiger partial charge < -0.3 is 19.7 Å². The minimum Gasteiger partial charge on any atom is -0.508 e. The summed E-state index contributed by atoms with van der Waals surface area (Å²) in [6, 6.07) is 9.38. The molecule has 0 aliphatic carbocycles. The van der Waals surface area contributed by atoms with Crippen LogP contribution in [-0.4, -0.2) is 22.2 Å². The number of rotatable bonds is 2. The molecule has 6 nitrogen and oxygen atoms in total. The molecule has 24 heavy (non-hydrogen) atoms. The summed E-state index contributed by atoms with van der Waals surface area (Å²) >= 11 is 0. The molecule has 2 N–H and O–H groups in total. The maximum atomic E-state index is 10.8. The molecule has 0 aliphatic rings. The van der Waals surface area contributed by atoms with Crippen LogP contribution in [0.25, 0.3) is 0 Å². The van der Waals surface area contributed by atoms with Crippen molar-refractivity contribution in [3.8, 4) is 23.0 Å². The lowest BCUT2D eigenvalue weighted by atomic mass is 10.2. The number of hydrogen-bond acceptors (Lipinski definition) is 6. The van der Waals surface area contributed by atoms with Gasteiger partial charge in [0, 0.05) is 26.0 Å². The fourth-order valence-corrected chi connectivity index (χ4v) is 1.67. The zero-order valence-electron chi connectivity index (χ0n) is 14.0. The lowest BCUT2D eigenvalue weighted by Gasteiger charge is -2.07. The summed E-state index contributed by atoms with van der Waals surface area (Å²) < 4.78 is 9.80. The Bertz CT molecular complexity index is 736. The Kier molecular flexibility index (Phi) is 6.79. The summed E-state index contributed by atoms with van der Waals surface area (Å²) in [6.07, 6.45) is 0. The maximum absolute atomic E-state index is 10.8. The molecule has 2 aromatic carbocycles. The highest BCUT2D eigenvalue weighted by molar-refractivity contribution is 5.71. The first-order valence-electron chi connectivity index (χ1n) is 7.15. The molecule has 0 aromatic heterocycles. The van der Waals surface area contributed by atoms with Crippen molar-refractivity contribution in [3.63, 3.8) is 0 Å². The summed E-state index contributed by atoms with van der Waals surface area (Å²) in [6.45, 7) is 6.20. The highest BCUT2D eigenvalue weighted by atomic mass is 16.5. The molecule has 0 amide bonds. The number of benzene rings is 2. The smallest absolute Gasteiger partial charge is 0.308 e. The predicted octanol–water partition coefficient (Wildman–Crippen LogP) is 3.25. The molecule has 2 aromatic rings. The molecule has 0 aliphatic heterocycles. The van der Waals surface area contributed by atoms with Crippen LogP contribution in [0.3, 0.4) is 0 Å². The van der Waals surface area contributed by atoms with Crippen LogP contribution in [0.15, 0.2) is 36.4 Å². The molecule has 2 rings (SSSR count). The van der Waals surface area contributed by atoms with Gasteiger partial charge in [0.15, 0.2) is 0 Å². The third kappa shape index (κ3) is 6.39. The van der Waals surface area contributed by atoms with Crippen molar-refractivity contribution in [1.29, 1.82) is 0 Å². The Hall–Kier alpha value is -3.02. The fraction of sp³-hybridized carbons (Fsp3) is 0.222. The van der Waals surface area contributed by atoms with Crippen LogP contribution in [-0.2, 0) is 9.59 Å². The van der Waals surface area contributed by atoms with Gasteiger partial charge in [0.05, 0.1) is 0 Å². The first-order chi connectivity index (χ1) is 11.2. The van der Waals surface area contributed by atoms with Crippen molar-refractivity contribution in [2.75, 3.05) is 0 Å². The summed E-state index contributed by atoms with van der Waals surface area (Å²) in [5, 5.41) is 17.7. The summed E-state index contributed by atoms with van der Waals surface area (Å²) in [4.78, 5) is 21.5. The Morgan fingerprint density at radius 3 is 1.92 bits per heavy atom. The Balaban J connectivity index is 0.000000272. The van der Waals surface area contributed by atoms with Crippen molar-refractivity contribution in [3.05, 3.63) is 47.5 Å². The molecule has 128 valence electrons. The number of hydrogen-bond donors (Lipinski definition) is 2. The molecule has 0 atom stereocenters. The first kappa shape index (κ1) is 19.0. The van der Waals surface area contributed by atoms with E-state index in [4.69, 9.17) is 19.7 Å². The normalized spacial score (nSPS) is 9.50. The predicted molar refractivity (Wildman–Crippen MR) is 88.3 cm³/mol. The molecule has 0 unspecified atom stereocenters. The Labute approximate surface area is 140 Å². The van der Waals surface area contributed by atoms with E-state index in [0.717, 1.165) is 11.1 Å². The van der Waals surface area contributed by atoms with E-state index in [1.807, 2.05) is 0 Å². The standard InChI is InChI=1S/C11H12O4.C7H8O2/c1-7-4-5-10(14-8(2)12)6-11(7)15-9(3)13;1-5-2-3-6(8)4-7(5)9/h4-6H,1-3H3;2-4,8-9H,1H3. The van der Waals surface area contributed by atoms with Crippen molar-refractivity contribution in [2.24, 2.45) is 0 Å². The number of phenolic OH excluding ortho intramolecular Hbond substituents is 2. The zero-order chi connectivity index (χ0) is 18.3. The van der Waals surface area contributed by atoms with Gasteiger partial charge in [-0.25, -0.2) is 0 Å². The van der Waals surface area contributed by atoms with Gasteiger partial charge in [-0.15, -0.1) is 0 Å². The second kappa shape index (κ2) is 8.57. The van der Waals surface area contributed by atoms with Gasteiger partial charge in [-0.3, -0.25) is 9.59 Å². The quantitative estimate of drug-likeness (QED) is 0.648. The number of esters is 2. The highest BCUT2D eigenvalue weighted by Gasteiger charge is 2.06. The highest BCUT2D eigenvalue weighted by Crippen LogP contribution is 2.24. The molecule has 0 heterocycles. The Morgan fingerprint density at radius 2 is 1.42 bits per heavy atom. The molecule has 0 saturated carbocycles. The second-order valence-electron chi connectivity index (χ2n) is 5.09. The fourth-order valence-electron chi connectivity index (χ4n) is 1.67. The minimum atomic E-state index is -0.410. The molecule has 0 bridgehead atoms. The lowest BCUT2D eigenvalue weighted by Crippen LogP contribution is -2.05. The molecule has 0 spiro atoms. The van der Waals surface area contributed by atoms with Crippen LogP contribution in [0.4, 0.5) is 0 Å². The second-order valence-corrected chi connectivity index (χ2v) is 5.09. The molecule has 0 radical (unpaired) electrons. The van der Waals surface area contributed by atoms with Gasteiger partial charge in [-0.2, -0.15) is 0 Å². The van der Waals surface area contributed by atoms with Crippen LogP contribution in [0.2, 0.25) is 0 Å². The van der Waals surface area contributed by atoms with E-state index >= 15 is 0 Å². The monoisotopic (exact) mass is 332 g/mol. The molecule has 6 heteroatoms. The van der Waals surface area contributed by atoms with E-state index in [0.29, 0.717) is 11.5 Å². The van der Waals surface area contributed by atoms with Crippen LogP contribution in [0.5, 0.6) is 23.0 Å². The topological polar surface area (TPSA) is 93.1 Å². The Morgan fingerprint density at radius 1 is 0.833 bits per heavy atom. The van der Waals surface area contributed by atoms with Crippen molar-refractivity contribution >= 4 is 11.9 Å². The summed E-state index contributed by atoms with van der Waals surface area (Å²) in [5.41, 5.74) is 1.58. The molecule has 0 saturated heterocycles. The van der Waals surface area contributed by atoms with E-state index in [9.17, 15) is 9.59 Å². The van der Waals surface area contributed by atoms with Crippen LogP contribution >= 0.6 is 0 Å². The van der Waals surface area contributed by atoms with Crippen molar-refractivity contribution < 1.29 is 29.3 Å². The van der Waals surface area contributed by atoms with Crippen molar-refractivity contribution in [2.45, 2.75) is 27.7 Å². The van der Waals surface area contributed by atoms with Crippen LogP contribution in [0, 0.1) is 13.8 Å². The first-order valence-corrected chi connectivity index (χ1v) is 7.15. The molecule has 0 fully saturated rings. The van der Waals surface area contributed by atoms with Gasteiger partial charge in [0.25, 0.3) is 0 Å². The van der Waals surface area contributed by atoms with Crippen LogP contribution < -0.4 is 9.47 Å².